The fourth-order valence-corrected chi connectivity index (χ4v) is 3.77. The SMILES string of the molecule is [B]N=S(=O)(C1CC1)C1CC1. The first-order valence-electron chi connectivity index (χ1n) is 3.71. The lowest BCUT2D eigenvalue weighted by atomic mass is 10.5. The van der Waals surface area contributed by atoms with Crippen LogP contribution in [-0.2, 0) is 9.73 Å². The van der Waals surface area contributed by atoms with E-state index in [9.17, 15) is 4.21 Å². The predicted octanol–water partition coefficient (Wildman–Crippen LogP) is 0.863. The average Bonchev–Trinajstić information content (AvgIpc) is 2.73. The molecule has 0 aromatic rings. The first kappa shape index (κ1) is 6.71. The highest BCUT2D eigenvalue weighted by Gasteiger charge is 2.43. The van der Waals surface area contributed by atoms with Crippen molar-refractivity contribution in [3.05, 3.63) is 0 Å². The van der Waals surface area contributed by atoms with E-state index in [1.807, 2.05) is 0 Å². The van der Waals surface area contributed by atoms with Gasteiger partial charge in [0.1, 0.15) is 0 Å². The van der Waals surface area contributed by atoms with Crippen molar-refractivity contribution in [3.63, 3.8) is 0 Å². The molecule has 54 valence electrons. The second-order valence-corrected chi connectivity index (χ2v) is 5.89. The minimum absolute atomic E-state index is 0.352. The minimum atomic E-state index is -1.94. The van der Waals surface area contributed by atoms with Gasteiger partial charge in [-0.15, -0.1) is 0 Å². The maximum absolute atomic E-state index is 11.8. The normalized spacial score (nSPS) is 26.4. The summed E-state index contributed by atoms with van der Waals surface area (Å²) in [6.07, 6.45) is 4.32. The summed E-state index contributed by atoms with van der Waals surface area (Å²) in [6.45, 7) is 0. The van der Waals surface area contributed by atoms with Crippen molar-refractivity contribution >= 4 is 17.7 Å². The van der Waals surface area contributed by atoms with Gasteiger partial charge in [0.05, 0.1) is 0 Å². The quantitative estimate of drug-likeness (QED) is 0.544. The molecule has 2 aliphatic rings. The Balaban J connectivity index is 2.28. The highest BCUT2D eigenvalue weighted by Crippen LogP contribution is 2.41. The molecule has 0 aliphatic heterocycles. The smallest absolute Gasteiger partial charge is 0.273 e. The van der Waals surface area contributed by atoms with Crippen molar-refractivity contribution in [3.8, 4) is 0 Å². The summed E-state index contributed by atoms with van der Waals surface area (Å²) < 4.78 is 15.4. The second kappa shape index (κ2) is 2.00. The standard InChI is InChI=1S/C6H10BNOS/c7-8-10(9,5-1-2-5)6-3-4-6/h5-6H,1-4H2. The van der Waals surface area contributed by atoms with Gasteiger partial charge in [-0.05, 0) is 25.7 Å². The zero-order valence-corrected chi connectivity index (χ0v) is 6.64. The van der Waals surface area contributed by atoms with Crippen LogP contribution in [0.2, 0.25) is 0 Å². The third-order valence-electron chi connectivity index (χ3n) is 2.17. The summed E-state index contributed by atoms with van der Waals surface area (Å²) in [5, 5.41) is 0.704. The number of hydrogen-bond acceptors (Lipinski definition) is 2. The first-order valence-corrected chi connectivity index (χ1v) is 5.35. The van der Waals surface area contributed by atoms with Crippen LogP contribution < -0.4 is 0 Å². The monoisotopic (exact) mass is 155 g/mol. The van der Waals surface area contributed by atoms with Crippen LogP contribution in [0, 0.1) is 0 Å². The van der Waals surface area contributed by atoms with Crippen LogP contribution >= 0.6 is 0 Å². The van der Waals surface area contributed by atoms with E-state index < -0.39 is 9.73 Å². The molecule has 4 heteroatoms. The fourth-order valence-electron chi connectivity index (χ4n) is 1.26. The zero-order valence-electron chi connectivity index (χ0n) is 5.82. The molecule has 0 amide bonds. The van der Waals surface area contributed by atoms with Crippen molar-refractivity contribution in [2.24, 2.45) is 4.27 Å². The van der Waals surface area contributed by atoms with Crippen molar-refractivity contribution < 1.29 is 4.21 Å². The van der Waals surface area contributed by atoms with Crippen LogP contribution in [0.4, 0.5) is 0 Å². The Bertz CT molecular complexity index is 230. The summed E-state index contributed by atoms with van der Waals surface area (Å²) in [6, 6.07) is 0. The second-order valence-electron chi connectivity index (χ2n) is 3.12. The van der Waals surface area contributed by atoms with E-state index >= 15 is 0 Å². The Kier molecular flexibility index (Phi) is 1.34. The molecule has 2 aliphatic carbocycles. The third-order valence-corrected chi connectivity index (χ3v) is 5.35. The van der Waals surface area contributed by atoms with Crippen LogP contribution in [-0.4, -0.2) is 22.7 Å². The molecule has 0 saturated heterocycles. The molecular weight excluding hydrogens is 145 g/mol. The van der Waals surface area contributed by atoms with E-state index in [0.717, 1.165) is 25.7 Å². The van der Waals surface area contributed by atoms with E-state index in [2.05, 4.69) is 4.27 Å². The maximum Gasteiger partial charge on any atom is 0.273 e. The molecule has 0 aromatic heterocycles. The Morgan fingerprint density at radius 3 is 1.80 bits per heavy atom. The van der Waals surface area contributed by atoms with E-state index in [1.165, 1.54) is 0 Å². The van der Waals surface area contributed by atoms with Gasteiger partial charge in [-0.3, -0.25) is 4.21 Å². The maximum atomic E-state index is 11.8. The van der Waals surface area contributed by atoms with Gasteiger partial charge < -0.3 is 4.27 Å². The van der Waals surface area contributed by atoms with Gasteiger partial charge in [0.15, 0.2) is 0 Å². The lowest BCUT2D eigenvalue weighted by Gasteiger charge is -2.04. The molecule has 0 atom stereocenters. The highest BCUT2D eigenvalue weighted by molar-refractivity contribution is 7.95. The van der Waals surface area contributed by atoms with E-state index in [1.54, 1.807) is 0 Å². The molecule has 0 unspecified atom stereocenters. The topological polar surface area (TPSA) is 29.4 Å². The van der Waals surface area contributed by atoms with E-state index in [-0.39, 0.29) is 0 Å². The zero-order chi connectivity index (χ0) is 7.19. The molecule has 0 bridgehead atoms. The lowest BCUT2D eigenvalue weighted by Crippen LogP contribution is -2.11. The van der Waals surface area contributed by atoms with Crippen LogP contribution in [0.25, 0.3) is 0 Å². The van der Waals surface area contributed by atoms with Gasteiger partial charge >= 0.3 is 0 Å². The van der Waals surface area contributed by atoms with Crippen LogP contribution in [0.15, 0.2) is 4.27 Å². The Morgan fingerprint density at radius 2 is 1.60 bits per heavy atom. The molecule has 0 N–H and O–H groups in total. The highest BCUT2D eigenvalue weighted by atomic mass is 32.2. The van der Waals surface area contributed by atoms with Gasteiger partial charge in [-0.2, -0.15) is 0 Å². The molecule has 0 heterocycles. The van der Waals surface area contributed by atoms with Gasteiger partial charge in [-0.25, -0.2) is 0 Å². The largest absolute Gasteiger partial charge is 0.312 e. The van der Waals surface area contributed by atoms with E-state index in [4.69, 9.17) is 7.98 Å². The van der Waals surface area contributed by atoms with Gasteiger partial charge in [0, 0.05) is 20.2 Å². The first-order chi connectivity index (χ1) is 4.77. The molecular formula is C6H10BNOS. The number of nitrogens with zero attached hydrogens (tertiary/aromatic N) is 1. The van der Waals surface area contributed by atoms with Crippen LogP contribution in [0.1, 0.15) is 25.7 Å². The van der Waals surface area contributed by atoms with Crippen molar-refractivity contribution in [2.75, 3.05) is 0 Å². The molecule has 2 rings (SSSR count). The molecule has 2 radical (unpaired) electrons. The van der Waals surface area contributed by atoms with E-state index in [0.29, 0.717) is 10.5 Å². The lowest BCUT2D eigenvalue weighted by molar-refractivity contribution is 0.675. The molecule has 2 saturated carbocycles. The third kappa shape index (κ3) is 0.893. The molecule has 2 fully saturated rings. The Morgan fingerprint density at radius 1 is 1.20 bits per heavy atom. The van der Waals surface area contributed by atoms with Crippen molar-refractivity contribution in [1.29, 1.82) is 0 Å². The Labute approximate surface area is 63.0 Å². The Hall–Kier alpha value is 0.0149. The minimum Gasteiger partial charge on any atom is -0.312 e. The summed E-state index contributed by atoms with van der Waals surface area (Å²) in [4.78, 5) is 0. The van der Waals surface area contributed by atoms with Crippen LogP contribution in [0.3, 0.4) is 0 Å². The van der Waals surface area contributed by atoms with Crippen LogP contribution in [0.5, 0.6) is 0 Å². The van der Waals surface area contributed by atoms with Crippen molar-refractivity contribution in [2.45, 2.75) is 36.2 Å². The summed E-state index contributed by atoms with van der Waals surface area (Å²) >= 11 is 0. The van der Waals surface area contributed by atoms with Crippen molar-refractivity contribution in [1.82, 2.24) is 0 Å². The van der Waals surface area contributed by atoms with Gasteiger partial charge in [0.2, 0.25) is 0 Å². The number of hydrogen-bond donors (Lipinski definition) is 0. The predicted molar refractivity (Wildman–Crippen MR) is 42.4 cm³/mol. The summed E-state index contributed by atoms with van der Waals surface area (Å²) in [5.41, 5.74) is 0. The fraction of sp³-hybridized carbons (Fsp3) is 1.00. The summed E-state index contributed by atoms with van der Waals surface area (Å²) in [7, 11) is 3.20. The average molecular weight is 155 g/mol. The van der Waals surface area contributed by atoms with Gasteiger partial charge in [0.25, 0.3) is 7.98 Å². The molecule has 2 nitrogen and oxygen atoms in total. The molecule has 0 spiro atoms. The molecule has 0 aromatic carbocycles. The summed E-state index contributed by atoms with van der Waals surface area (Å²) in [5.74, 6) is 0. The van der Waals surface area contributed by atoms with Gasteiger partial charge in [-0.1, -0.05) is 0 Å². The molecule has 10 heavy (non-hydrogen) atoms. The number of rotatable bonds is 2.